The summed E-state index contributed by atoms with van der Waals surface area (Å²) in [5.41, 5.74) is 1.37. The third-order valence-corrected chi connectivity index (χ3v) is 3.58. The Hall–Kier alpha value is -0.350. The lowest BCUT2D eigenvalue weighted by Gasteiger charge is -2.25. The van der Waals surface area contributed by atoms with Crippen LogP contribution in [0.5, 0.6) is 0 Å². The molecule has 1 N–H and O–H groups in total. The average Bonchev–Trinajstić information content (AvgIpc) is 2.58. The summed E-state index contributed by atoms with van der Waals surface area (Å²) >= 11 is 3.50. The van der Waals surface area contributed by atoms with E-state index in [0.717, 1.165) is 17.6 Å². The zero-order chi connectivity index (χ0) is 9.97. The minimum absolute atomic E-state index is 0.644. The van der Waals surface area contributed by atoms with Gasteiger partial charge < -0.3 is 9.88 Å². The second-order valence-electron chi connectivity index (χ2n) is 3.83. The average molecular weight is 258 g/mol. The number of aromatic nitrogens is 2. The third kappa shape index (κ3) is 1.86. The molecule has 1 aromatic heterocycles. The Bertz CT molecular complexity index is 308. The third-order valence-electron chi connectivity index (χ3n) is 2.92. The summed E-state index contributed by atoms with van der Waals surface area (Å²) < 4.78 is 3.37. The predicted molar refractivity (Wildman–Crippen MR) is 60.4 cm³/mol. The Morgan fingerprint density at radius 3 is 3.36 bits per heavy atom. The van der Waals surface area contributed by atoms with Crippen molar-refractivity contribution in [2.24, 2.45) is 0 Å². The molecule has 3 nitrogen and oxygen atoms in total. The first kappa shape index (κ1) is 10.2. The first-order chi connectivity index (χ1) is 6.83. The van der Waals surface area contributed by atoms with Crippen molar-refractivity contribution in [3.63, 3.8) is 0 Å². The molecule has 78 valence electrons. The van der Waals surface area contributed by atoms with Crippen LogP contribution in [0.1, 0.15) is 31.0 Å². The van der Waals surface area contributed by atoms with Gasteiger partial charge in [0.2, 0.25) is 0 Å². The van der Waals surface area contributed by atoms with Gasteiger partial charge in [0.1, 0.15) is 4.60 Å². The molecule has 1 aliphatic heterocycles. The SMILES string of the molecule is CNCCC1CCCc2c(Br)ncn21. The van der Waals surface area contributed by atoms with Gasteiger partial charge in [-0.05, 0) is 55.2 Å². The summed E-state index contributed by atoms with van der Waals surface area (Å²) in [7, 11) is 2.01. The quantitative estimate of drug-likeness (QED) is 0.900. The highest BCUT2D eigenvalue weighted by atomic mass is 79.9. The molecule has 0 fully saturated rings. The summed E-state index contributed by atoms with van der Waals surface area (Å²) in [6, 6.07) is 0.644. The van der Waals surface area contributed by atoms with E-state index in [1.807, 2.05) is 13.4 Å². The number of hydrogen-bond donors (Lipinski definition) is 1. The van der Waals surface area contributed by atoms with Gasteiger partial charge in [0, 0.05) is 6.04 Å². The minimum atomic E-state index is 0.644. The summed E-state index contributed by atoms with van der Waals surface area (Å²) in [5, 5.41) is 3.21. The molecule has 2 heterocycles. The molecule has 0 amide bonds. The molecule has 0 aromatic carbocycles. The van der Waals surface area contributed by atoms with Crippen LogP contribution >= 0.6 is 15.9 Å². The van der Waals surface area contributed by atoms with E-state index in [4.69, 9.17) is 0 Å². The Morgan fingerprint density at radius 1 is 1.71 bits per heavy atom. The Morgan fingerprint density at radius 2 is 2.57 bits per heavy atom. The van der Waals surface area contributed by atoms with E-state index in [1.54, 1.807) is 0 Å². The van der Waals surface area contributed by atoms with Crippen molar-refractivity contribution in [3.8, 4) is 0 Å². The molecule has 1 unspecified atom stereocenters. The molecule has 0 spiro atoms. The van der Waals surface area contributed by atoms with Crippen molar-refractivity contribution in [2.75, 3.05) is 13.6 Å². The van der Waals surface area contributed by atoms with Crippen molar-refractivity contribution in [1.82, 2.24) is 14.9 Å². The highest BCUT2D eigenvalue weighted by Crippen LogP contribution is 2.30. The molecule has 0 aliphatic carbocycles. The van der Waals surface area contributed by atoms with Gasteiger partial charge >= 0.3 is 0 Å². The van der Waals surface area contributed by atoms with Gasteiger partial charge in [-0.1, -0.05) is 0 Å². The van der Waals surface area contributed by atoms with E-state index < -0.39 is 0 Å². The van der Waals surface area contributed by atoms with Crippen LogP contribution < -0.4 is 5.32 Å². The molecule has 14 heavy (non-hydrogen) atoms. The normalized spacial score (nSPS) is 20.9. The number of fused-ring (bicyclic) bond motifs is 1. The van der Waals surface area contributed by atoms with Gasteiger partial charge in [0.25, 0.3) is 0 Å². The first-order valence-corrected chi connectivity index (χ1v) is 5.98. The lowest BCUT2D eigenvalue weighted by Crippen LogP contribution is -2.21. The summed E-state index contributed by atoms with van der Waals surface area (Å²) in [4.78, 5) is 4.32. The van der Waals surface area contributed by atoms with E-state index in [1.165, 1.54) is 25.0 Å². The van der Waals surface area contributed by atoms with Gasteiger partial charge in [0.05, 0.1) is 12.0 Å². The number of nitrogens with one attached hydrogen (secondary N) is 1. The molecule has 0 radical (unpaired) electrons. The second-order valence-corrected chi connectivity index (χ2v) is 4.58. The van der Waals surface area contributed by atoms with E-state index in [2.05, 4.69) is 30.8 Å². The zero-order valence-electron chi connectivity index (χ0n) is 8.46. The smallest absolute Gasteiger partial charge is 0.127 e. The van der Waals surface area contributed by atoms with Crippen LogP contribution in [0.3, 0.4) is 0 Å². The number of rotatable bonds is 3. The van der Waals surface area contributed by atoms with E-state index >= 15 is 0 Å². The van der Waals surface area contributed by atoms with Gasteiger partial charge in [0.15, 0.2) is 0 Å². The van der Waals surface area contributed by atoms with Crippen LogP contribution in [-0.4, -0.2) is 23.1 Å². The lowest BCUT2D eigenvalue weighted by atomic mass is 10.0. The van der Waals surface area contributed by atoms with Gasteiger partial charge in [-0.3, -0.25) is 0 Å². The second kappa shape index (κ2) is 4.45. The topological polar surface area (TPSA) is 29.9 Å². The summed E-state index contributed by atoms with van der Waals surface area (Å²) in [6.45, 7) is 1.08. The van der Waals surface area contributed by atoms with Crippen molar-refractivity contribution < 1.29 is 0 Å². The fourth-order valence-corrected chi connectivity index (χ4v) is 2.64. The maximum Gasteiger partial charge on any atom is 0.127 e. The van der Waals surface area contributed by atoms with Crippen molar-refractivity contribution in [2.45, 2.75) is 31.7 Å². The van der Waals surface area contributed by atoms with Crippen molar-refractivity contribution >= 4 is 15.9 Å². The molecule has 0 saturated heterocycles. The highest BCUT2D eigenvalue weighted by Gasteiger charge is 2.21. The van der Waals surface area contributed by atoms with Crippen LogP contribution in [0.15, 0.2) is 10.9 Å². The predicted octanol–water partition coefficient (Wildman–Crippen LogP) is 2.13. The Labute approximate surface area is 93.0 Å². The highest BCUT2D eigenvalue weighted by molar-refractivity contribution is 9.10. The lowest BCUT2D eigenvalue weighted by molar-refractivity contribution is 0.375. The van der Waals surface area contributed by atoms with Gasteiger partial charge in [-0.2, -0.15) is 0 Å². The summed E-state index contributed by atoms with van der Waals surface area (Å²) in [6.07, 6.45) is 6.91. The maximum absolute atomic E-state index is 4.32. The Kier molecular flexibility index (Phi) is 3.23. The fraction of sp³-hybridized carbons (Fsp3) is 0.700. The minimum Gasteiger partial charge on any atom is -0.330 e. The molecule has 1 aliphatic rings. The van der Waals surface area contributed by atoms with E-state index in [9.17, 15) is 0 Å². The largest absolute Gasteiger partial charge is 0.330 e. The molecule has 0 bridgehead atoms. The zero-order valence-corrected chi connectivity index (χ0v) is 10.0. The molecule has 2 rings (SSSR count). The molecule has 1 aromatic rings. The standard InChI is InChI=1S/C10H16BrN3/c1-12-6-5-8-3-2-4-9-10(11)13-7-14(8)9/h7-8,12H,2-6H2,1H3. The van der Waals surface area contributed by atoms with E-state index in [0.29, 0.717) is 6.04 Å². The summed E-state index contributed by atoms with van der Waals surface area (Å²) in [5.74, 6) is 0. The van der Waals surface area contributed by atoms with Crippen LogP contribution in [0.4, 0.5) is 0 Å². The number of halogens is 1. The number of hydrogen-bond acceptors (Lipinski definition) is 2. The molecule has 4 heteroatoms. The van der Waals surface area contributed by atoms with Crippen LogP contribution in [-0.2, 0) is 6.42 Å². The molecule has 0 saturated carbocycles. The maximum atomic E-state index is 4.32. The molecular weight excluding hydrogens is 242 g/mol. The molecule has 1 atom stereocenters. The van der Waals surface area contributed by atoms with Crippen LogP contribution in [0.25, 0.3) is 0 Å². The van der Waals surface area contributed by atoms with Crippen molar-refractivity contribution in [3.05, 3.63) is 16.6 Å². The van der Waals surface area contributed by atoms with Crippen LogP contribution in [0.2, 0.25) is 0 Å². The Balaban J connectivity index is 2.14. The number of nitrogens with zero attached hydrogens (tertiary/aromatic N) is 2. The van der Waals surface area contributed by atoms with E-state index in [-0.39, 0.29) is 0 Å². The first-order valence-electron chi connectivity index (χ1n) is 5.18. The van der Waals surface area contributed by atoms with Gasteiger partial charge in [-0.15, -0.1) is 0 Å². The monoisotopic (exact) mass is 257 g/mol. The number of imidazole rings is 1. The van der Waals surface area contributed by atoms with Crippen LogP contribution in [0, 0.1) is 0 Å². The molecular formula is C10H16BrN3. The fourth-order valence-electron chi connectivity index (χ4n) is 2.15. The van der Waals surface area contributed by atoms with Crippen molar-refractivity contribution in [1.29, 1.82) is 0 Å². The van der Waals surface area contributed by atoms with Gasteiger partial charge in [-0.25, -0.2) is 4.98 Å².